The van der Waals surface area contributed by atoms with E-state index < -0.39 is 0 Å². The lowest BCUT2D eigenvalue weighted by molar-refractivity contribution is 0.0952. The Hall–Kier alpha value is -0.590. The van der Waals surface area contributed by atoms with Gasteiger partial charge in [-0.25, -0.2) is 0 Å². The fourth-order valence-corrected chi connectivity index (χ4v) is 3.43. The Morgan fingerprint density at radius 1 is 1.24 bits per heavy atom. The molecule has 2 fully saturated rings. The molecule has 1 spiro atoms. The molecule has 96 valence electrons. The van der Waals surface area contributed by atoms with Gasteiger partial charge in [0.25, 0.3) is 0 Å². The maximum atomic E-state index is 9.18. The van der Waals surface area contributed by atoms with Crippen molar-refractivity contribution in [3.8, 4) is 6.07 Å². The van der Waals surface area contributed by atoms with Gasteiger partial charge in [0, 0.05) is 6.54 Å². The van der Waals surface area contributed by atoms with Crippen LogP contribution < -0.4 is 5.32 Å². The number of hydrogen-bond acceptors (Lipinski definition) is 3. The molecule has 1 heterocycles. The standard InChI is InChI=1S/C14H25N3/c1-13(11-15,16-2)12-17-9-7-14(8-10-17)5-3-4-6-14/h16H,3-10,12H2,1-2H3. The number of hydrogen-bond donors (Lipinski definition) is 1. The maximum Gasteiger partial charge on any atom is 0.116 e. The van der Waals surface area contributed by atoms with Gasteiger partial charge in [-0.2, -0.15) is 5.26 Å². The molecule has 2 rings (SSSR count). The Morgan fingerprint density at radius 3 is 2.29 bits per heavy atom. The van der Waals surface area contributed by atoms with Crippen molar-refractivity contribution < 1.29 is 0 Å². The molecular formula is C14H25N3. The van der Waals surface area contributed by atoms with E-state index >= 15 is 0 Å². The maximum absolute atomic E-state index is 9.18. The Balaban J connectivity index is 1.85. The van der Waals surface area contributed by atoms with Crippen LogP contribution in [0.15, 0.2) is 0 Å². The van der Waals surface area contributed by atoms with Crippen LogP contribution in [0.3, 0.4) is 0 Å². The molecule has 1 saturated heterocycles. The molecule has 0 amide bonds. The monoisotopic (exact) mass is 235 g/mol. The van der Waals surface area contributed by atoms with E-state index in [1.165, 1.54) is 51.6 Å². The summed E-state index contributed by atoms with van der Waals surface area (Å²) < 4.78 is 0. The van der Waals surface area contributed by atoms with E-state index in [1.54, 1.807) is 0 Å². The smallest absolute Gasteiger partial charge is 0.116 e. The number of nitrogens with one attached hydrogen (secondary N) is 1. The molecule has 0 aromatic heterocycles. The molecule has 3 heteroatoms. The van der Waals surface area contributed by atoms with Crippen LogP contribution in [0, 0.1) is 16.7 Å². The summed E-state index contributed by atoms with van der Waals surface area (Å²) in [6.45, 7) is 5.21. The molecule has 0 aromatic carbocycles. The minimum absolute atomic E-state index is 0.389. The third kappa shape index (κ3) is 2.81. The Morgan fingerprint density at radius 2 is 1.82 bits per heavy atom. The van der Waals surface area contributed by atoms with Crippen molar-refractivity contribution in [3.05, 3.63) is 0 Å². The van der Waals surface area contributed by atoms with Gasteiger partial charge in [0.2, 0.25) is 0 Å². The minimum Gasteiger partial charge on any atom is -0.302 e. The van der Waals surface area contributed by atoms with Crippen LogP contribution in [0.5, 0.6) is 0 Å². The Kier molecular flexibility index (Phi) is 3.75. The fraction of sp³-hybridized carbons (Fsp3) is 0.929. The van der Waals surface area contributed by atoms with E-state index in [0.717, 1.165) is 6.54 Å². The first-order valence-electron chi connectivity index (χ1n) is 6.94. The number of likely N-dealkylation sites (tertiary alicyclic amines) is 1. The summed E-state index contributed by atoms with van der Waals surface area (Å²) in [5.74, 6) is 0. The van der Waals surface area contributed by atoms with E-state index in [-0.39, 0.29) is 5.54 Å². The quantitative estimate of drug-likeness (QED) is 0.814. The second-order valence-corrected chi connectivity index (χ2v) is 6.18. The third-order valence-corrected chi connectivity index (χ3v) is 4.92. The molecule has 2 aliphatic rings. The van der Waals surface area contributed by atoms with Crippen molar-refractivity contribution in [2.45, 2.75) is 51.0 Å². The highest BCUT2D eigenvalue weighted by molar-refractivity contribution is 5.05. The molecule has 1 aliphatic heterocycles. The van der Waals surface area contributed by atoms with Crippen LogP contribution in [-0.2, 0) is 0 Å². The topological polar surface area (TPSA) is 39.1 Å². The molecule has 1 unspecified atom stereocenters. The summed E-state index contributed by atoms with van der Waals surface area (Å²) in [5, 5.41) is 12.3. The minimum atomic E-state index is -0.389. The number of nitriles is 1. The van der Waals surface area contributed by atoms with Crippen molar-refractivity contribution in [1.29, 1.82) is 5.26 Å². The van der Waals surface area contributed by atoms with Crippen LogP contribution in [0.2, 0.25) is 0 Å². The number of piperidine rings is 1. The van der Waals surface area contributed by atoms with Crippen molar-refractivity contribution >= 4 is 0 Å². The van der Waals surface area contributed by atoms with E-state index in [2.05, 4.69) is 16.3 Å². The molecule has 1 saturated carbocycles. The number of likely N-dealkylation sites (N-methyl/N-ethyl adjacent to an activating group) is 1. The molecular weight excluding hydrogens is 210 g/mol. The van der Waals surface area contributed by atoms with Crippen molar-refractivity contribution in [2.24, 2.45) is 5.41 Å². The largest absolute Gasteiger partial charge is 0.302 e. The first-order chi connectivity index (χ1) is 8.11. The average molecular weight is 235 g/mol. The van der Waals surface area contributed by atoms with Gasteiger partial charge in [-0.1, -0.05) is 12.8 Å². The average Bonchev–Trinajstić information content (AvgIpc) is 2.81. The van der Waals surface area contributed by atoms with Gasteiger partial charge in [0.1, 0.15) is 5.54 Å². The predicted octanol–water partition coefficient (Wildman–Crippen LogP) is 2.14. The highest BCUT2D eigenvalue weighted by atomic mass is 15.2. The zero-order valence-electron chi connectivity index (χ0n) is 11.3. The highest BCUT2D eigenvalue weighted by Crippen LogP contribution is 2.46. The second-order valence-electron chi connectivity index (χ2n) is 6.18. The van der Waals surface area contributed by atoms with Crippen LogP contribution >= 0.6 is 0 Å². The first-order valence-corrected chi connectivity index (χ1v) is 6.94. The van der Waals surface area contributed by atoms with Gasteiger partial charge in [-0.3, -0.25) is 0 Å². The lowest BCUT2D eigenvalue weighted by Crippen LogP contribution is -2.51. The van der Waals surface area contributed by atoms with Gasteiger partial charge in [-0.05, 0) is 58.2 Å². The van der Waals surface area contributed by atoms with Crippen molar-refractivity contribution in [3.63, 3.8) is 0 Å². The van der Waals surface area contributed by atoms with Gasteiger partial charge in [-0.15, -0.1) is 0 Å². The predicted molar refractivity (Wildman–Crippen MR) is 69.7 cm³/mol. The molecule has 1 aliphatic carbocycles. The second kappa shape index (κ2) is 4.96. The summed E-state index contributed by atoms with van der Waals surface area (Å²) >= 11 is 0. The number of nitrogens with zero attached hydrogens (tertiary/aromatic N) is 2. The highest BCUT2D eigenvalue weighted by Gasteiger charge is 2.38. The van der Waals surface area contributed by atoms with Crippen LogP contribution in [0.25, 0.3) is 0 Å². The fourth-order valence-electron chi connectivity index (χ4n) is 3.43. The first kappa shape index (κ1) is 12.9. The van der Waals surface area contributed by atoms with Crippen molar-refractivity contribution in [2.75, 3.05) is 26.7 Å². The molecule has 1 atom stereocenters. The van der Waals surface area contributed by atoms with Gasteiger partial charge in [0.15, 0.2) is 0 Å². The number of rotatable bonds is 3. The third-order valence-electron chi connectivity index (χ3n) is 4.92. The van der Waals surface area contributed by atoms with Gasteiger partial charge >= 0.3 is 0 Å². The lowest BCUT2D eigenvalue weighted by Gasteiger charge is -2.41. The molecule has 17 heavy (non-hydrogen) atoms. The Labute approximate surface area is 105 Å². The van der Waals surface area contributed by atoms with E-state index in [9.17, 15) is 5.26 Å². The molecule has 3 nitrogen and oxygen atoms in total. The Bertz CT molecular complexity index is 291. The lowest BCUT2D eigenvalue weighted by atomic mass is 9.77. The summed E-state index contributed by atoms with van der Waals surface area (Å²) in [4.78, 5) is 2.46. The van der Waals surface area contributed by atoms with Crippen LogP contribution in [0.4, 0.5) is 0 Å². The zero-order chi connectivity index (χ0) is 12.4. The molecule has 0 aromatic rings. The van der Waals surface area contributed by atoms with E-state index in [4.69, 9.17) is 0 Å². The van der Waals surface area contributed by atoms with Gasteiger partial charge < -0.3 is 10.2 Å². The summed E-state index contributed by atoms with van der Waals surface area (Å²) in [5.41, 5.74) is 0.291. The normalized spacial score (nSPS) is 27.8. The van der Waals surface area contributed by atoms with Crippen LogP contribution in [0.1, 0.15) is 45.4 Å². The van der Waals surface area contributed by atoms with Gasteiger partial charge in [0.05, 0.1) is 6.07 Å². The molecule has 1 N–H and O–H groups in total. The summed E-state index contributed by atoms with van der Waals surface area (Å²) in [6.07, 6.45) is 8.46. The van der Waals surface area contributed by atoms with Crippen molar-refractivity contribution in [1.82, 2.24) is 10.2 Å². The van der Waals surface area contributed by atoms with E-state index in [0.29, 0.717) is 5.41 Å². The van der Waals surface area contributed by atoms with E-state index in [1.807, 2.05) is 14.0 Å². The molecule has 0 radical (unpaired) electrons. The summed E-state index contributed by atoms with van der Waals surface area (Å²) in [7, 11) is 1.88. The molecule has 0 bridgehead atoms. The van der Waals surface area contributed by atoms with Crippen LogP contribution in [-0.4, -0.2) is 37.1 Å². The zero-order valence-corrected chi connectivity index (χ0v) is 11.3. The SMILES string of the molecule is CNC(C)(C#N)CN1CCC2(CCCC2)CC1. The summed E-state index contributed by atoms with van der Waals surface area (Å²) in [6, 6.07) is 2.38.